The molecule has 2 N–H and O–H groups in total. The Bertz CT molecular complexity index is 764. The number of hydrogen-bond donors (Lipinski definition) is 2. The summed E-state index contributed by atoms with van der Waals surface area (Å²) in [5.74, 6) is -1.79. The normalized spacial score (nSPS) is 11.2. The molecule has 2 aromatic rings. The average Bonchev–Trinajstić information content (AvgIpc) is 2.48. The van der Waals surface area contributed by atoms with Crippen molar-refractivity contribution < 1.29 is 22.0 Å². The molecule has 2 rings (SSSR count). The van der Waals surface area contributed by atoms with Crippen molar-refractivity contribution in [2.24, 2.45) is 0 Å². The quantitative estimate of drug-likeness (QED) is 0.520. The lowest BCUT2D eigenvalue weighted by atomic mass is 10.1. The van der Waals surface area contributed by atoms with E-state index in [0.717, 1.165) is 6.07 Å². The van der Waals surface area contributed by atoms with Gasteiger partial charge in [0, 0.05) is 16.6 Å². The van der Waals surface area contributed by atoms with Gasteiger partial charge in [0.15, 0.2) is 5.11 Å². The fourth-order valence-electron chi connectivity index (χ4n) is 1.87. The van der Waals surface area contributed by atoms with Crippen LogP contribution >= 0.6 is 28.1 Å². The van der Waals surface area contributed by atoms with Crippen LogP contribution in [-0.2, 0) is 12.7 Å². The van der Waals surface area contributed by atoms with Crippen molar-refractivity contribution in [1.82, 2.24) is 5.32 Å². The van der Waals surface area contributed by atoms with Crippen molar-refractivity contribution in [2.45, 2.75) is 12.7 Å². The van der Waals surface area contributed by atoms with Gasteiger partial charge in [-0.05, 0) is 52.4 Å². The lowest BCUT2D eigenvalue weighted by Gasteiger charge is -2.14. The molecule has 0 radical (unpaired) electrons. The van der Waals surface area contributed by atoms with E-state index < -0.39 is 23.4 Å². The van der Waals surface area contributed by atoms with Crippen molar-refractivity contribution in [3.8, 4) is 0 Å². The second kappa shape index (κ2) is 7.43. The van der Waals surface area contributed by atoms with Crippen LogP contribution in [0.4, 0.5) is 27.6 Å². The first kappa shape index (κ1) is 18.6. The van der Waals surface area contributed by atoms with Crippen LogP contribution in [0.15, 0.2) is 40.9 Å². The molecule has 0 heterocycles. The Balaban J connectivity index is 2.04. The first-order chi connectivity index (χ1) is 11.2. The second-order valence-corrected chi connectivity index (χ2v) is 5.97. The minimum atomic E-state index is -4.77. The fraction of sp³-hybridized carbons (Fsp3) is 0.133. The van der Waals surface area contributed by atoms with Gasteiger partial charge in [-0.3, -0.25) is 0 Å². The number of hydrogen-bond acceptors (Lipinski definition) is 1. The van der Waals surface area contributed by atoms with Gasteiger partial charge in [0.05, 0.1) is 11.3 Å². The third-order valence-corrected chi connectivity index (χ3v) is 3.91. The Hall–Kier alpha value is -1.74. The molecule has 0 aromatic heterocycles. The Kier molecular flexibility index (Phi) is 5.76. The van der Waals surface area contributed by atoms with Gasteiger partial charge in [-0.2, -0.15) is 13.2 Å². The zero-order valence-corrected chi connectivity index (χ0v) is 14.2. The van der Waals surface area contributed by atoms with Crippen molar-refractivity contribution in [1.29, 1.82) is 0 Å². The van der Waals surface area contributed by atoms with Crippen molar-refractivity contribution in [3.05, 3.63) is 63.6 Å². The van der Waals surface area contributed by atoms with Crippen LogP contribution in [-0.4, -0.2) is 5.11 Å². The maximum atomic E-state index is 13.9. The summed E-state index contributed by atoms with van der Waals surface area (Å²) in [5, 5.41) is 5.40. The number of halogens is 6. The molecule has 0 unspecified atom stereocenters. The molecule has 0 aliphatic rings. The van der Waals surface area contributed by atoms with E-state index in [1.165, 1.54) is 24.3 Å². The molecule has 2 aromatic carbocycles. The lowest BCUT2D eigenvalue weighted by Crippen LogP contribution is -2.28. The molecular formula is C15H10BrF5N2S. The van der Waals surface area contributed by atoms with Crippen molar-refractivity contribution >= 4 is 38.9 Å². The molecule has 0 spiro atoms. The van der Waals surface area contributed by atoms with Gasteiger partial charge in [-0.25, -0.2) is 8.78 Å². The number of nitrogens with one attached hydrogen (secondary N) is 2. The number of thiocarbonyl (C=S) groups is 1. The van der Waals surface area contributed by atoms with Gasteiger partial charge < -0.3 is 10.6 Å². The van der Waals surface area contributed by atoms with Crippen LogP contribution in [0.2, 0.25) is 0 Å². The van der Waals surface area contributed by atoms with Crippen LogP contribution in [0.1, 0.15) is 11.1 Å². The van der Waals surface area contributed by atoms with Crippen LogP contribution < -0.4 is 10.6 Å². The monoisotopic (exact) mass is 424 g/mol. The maximum absolute atomic E-state index is 13.9. The number of rotatable bonds is 3. The molecule has 0 aliphatic carbocycles. The van der Waals surface area contributed by atoms with E-state index in [1.807, 2.05) is 0 Å². The standard InChI is InChI=1S/C15H10BrF5N2S/c16-11-6-9(17)4-5-12(11)23-14(24)22-7-8-2-1-3-10(13(8)18)15(19,20)21/h1-6H,7H2,(H2,22,23,24). The summed E-state index contributed by atoms with van der Waals surface area (Å²) >= 11 is 8.14. The predicted octanol–water partition coefficient (Wildman–Crippen LogP) is 5.23. The molecule has 9 heteroatoms. The molecule has 0 bridgehead atoms. The summed E-state index contributed by atoms with van der Waals surface area (Å²) in [6.07, 6.45) is -4.77. The fourth-order valence-corrected chi connectivity index (χ4v) is 2.50. The summed E-state index contributed by atoms with van der Waals surface area (Å²) in [4.78, 5) is 0. The summed E-state index contributed by atoms with van der Waals surface area (Å²) in [6.45, 7) is -0.236. The van der Waals surface area contributed by atoms with E-state index in [9.17, 15) is 22.0 Å². The first-order valence-electron chi connectivity index (χ1n) is 6.53. The van der Waals surface area contributed by atoms with Gasteiger partial charge in [-0.15, -0.1) is 0 Å². The topological polar surface area (TPSA) is 24.1 Å². The van der Waals surface area contributed by atoms with Crippen LogP contribution in [0.3, 0.4) is 0 Å². The third-order valence-electron chi connectivity index (χ3n) is 3.00. The number of anilines is 1. The molecular weight excluding hydrogens is 415 g/mol. The largest absolute Gasteiger partial charge is 0.419 e. The SMILES string of the molecule is Fc1ccc(NC(=S)NCc2cccc(C(F)(F)F)c2F)c(Br)c1. The van der Waals surface area contributed by atoms with E-state index in [1.54, 1.807) is 0 Å². The first-order valence-corrected chi connectivity index (χ1v) is 7.73. The molecule has 24 heavy (non-hydrogen) atoms. The molecule has 0 amide bonds. The molecule has 0 aliphatic heterocycles. The summed E-state index contributed by atoms with van der Waals surface area (Å²) in [6, 6.07) is 6.88. The molecule has 2 nitrogen and oxygen atoms in total. The molecule has 0 saturated heterocycles. The highest BCUT2D eigenvalue weighted by Crippen LogP contribution is 2.32. The second-order valence-electron chi connectivity index (χ2n) is 4.71. The molecule has 0 fully saturated rings. The van der Waals surface area contributed by atoms with Gasteiger partial charge in [0.2, 0.25) is 0 Å². The zero-order valence-electron chi connectivity index (χ0n) is 11.8. The highest BCUT2D eigenvalue weighted by molar-refractivity contribution is 9.10. The number of benzene rings is 2. The van der Waals surface area contributed by atoms with E-state index in [4.69, 9.17) is 12.2 Å². The van der Waals surface area contributed by atoms with Crippen LogP contribution in [0.5, 0.6) is 0 Å². The summed E-state index contributed by atoms with van der Waals surface area (Å²) in [5.41, 5.74) is -1.05. The average molecular weight is 425 g/mol. The van der Waals surface area contributed by atoms with Crippen LogP contribution in [0, 0.1) is 11.6 Å². The van der Waals surface area contributed by atoms with E-state index in [-0.39, 0.29) is 17.2 Å². The highest BCUT2D eigenvalue weighted by atomic mass is 79.9. The Morgan fingerprint density at radius 2 is 1.83 bits per heavy atom. The van der Waals surface area contributed by atoms with Crippen molar-refractivity contribution in [2.75, 3.05) is 5.32 Å². The number of alkyl halides is 3. The van der Waals surface area contributed by atoms with Crippen molar-refractivity contribution in [3.63, 3.8) is 0 Å². The van der Waals surface area contributed by atoms with Gasteiger partial charge in [-0.1, -0.05) is 12.1 Å². The smallest absolute Gasteiger partial charge is 0.358 e. The molecule has 0 saturated carbocycles. The minimum absolute atomic E-state index is 0.0547. The van der Waals surface area contributed by atoms with Gasteiger partial charge >= 0.3 is 6.18 Å². The van der Waals surface area contributed by atoms with Gasteiger partial charge in [0.25, 0.3) is 0 Å². The van der Waals surface area contributed by atoms with Crippen LogP contribution in [0.25, 0.3) is 0 Å². The third kappa shape index (κ3) is 4.64. The van der Waals surface area contributed by atoms with E-state index in [0.29, 0.717) is 16.2 Å². The molecule has 128 valence electrons. The Morgan fingerprint density at radius 1 is 1.12 bits per heavy atom. The van der Waals surface area contributed by atoms with Gasteiger partial charge in [0.1, 0.15) is 11.6 Å². The van der Waals surface area contributed by atoms with E-state index >= 15 is 0 Å². The molecule has 0 atom stereocenters. The predicted molar refractivity (Wildman–Crippen MR) is 88.6 cm³/mol. The Labute approximate surface area is 148 Å². The highest BCUT2D eigenvalue weighted by Gasteiger charge is 2.34. The summed E-state index contributed by atoms with van der Waals surface area (Å²) < 4.78 is 65.3. The lowest BCUT2D eigenvalue weighted by molar-refractivity contribution is -0.140. The minimum Gasteiger partial charge on any atom is -0.358 e. The van der Waals surface area contributed by atoms with E-state index in [2.05, 4.69) is 26.6 Å². The zero-order chi connectivity index (χ0) is 17.9. The Morgan fingerprint density at radius 3 is 2.46 bits per heavy atom. The maximum Gasteiger partial charge on any atom is 0.419 e. The summed E-state index contributed by atoms with van der Waals surface area (Å²) in [7, 11) is 0.